The molecule has 0 aliphatic heterocycles. The van der Waals surface area contributed by atoms with E-state index in [0.29, 0.717) is 0 Å². The van der Waals surface area contributed by atoms with E-state index in [9.17, 15) is 0 Å². The Labute approximate surface area is 153 Å². The van der Waals surface area contributed by atoms with Gasteiger partial charge in [-0.1, -0.05) is 0 Å². The Morgan fingerprint density at radius 2 is 0.680 bits per heavy atom. The predicted octanol–water partition coefficient (Wildman–Crippen LogP) is 2.23. The van der Waals surface area contributed by atoms with Crippen LogP contribution in [0.3, 0.4) is 0 Å². The molecule has 0 amide bonds. The van der Waals surface area contributed by atoms with E-state index in [1.54, 1.807) is 21.3 Å². The molecule has 0 saturated carbocycles. The molecule has 3 aromatic rings. The van der Waals surface area contributed by atoms with Crippen molar-refractivity contribution < 1.29 is 14.2 Å². The van der Waals surface area contributed by atoms with Gasteiger partial charge in [-0.3, -0.25) is 0 Å². The van der Waals surface area contributed by atoms with Crippen molar-refractivity contribution in [1.82, 2.24) is 0 Å². The van der Waals surface area contributed by atoms with Crippen molar-refractivity contribution in [1.29, 1.82) is 0 Å². The molecule has 3 aromatic carbocycles. The fourth-order valence-electron chi connectivity index (χ4n) is 2.54. The molecule has 25 heavy (non-hydrogen) atoms. The second-order valence-corrected chi connectivity index (χ2v) is 9.58. The Morgan fingerprint density at radius 3 is 0.880 bits per heavy atom. The quantitative estimate of drug-likeness (QED) is 0.594. The molecule has 0 aliphatic carbocycles. The van der Waals surface area contributed by atoms with Crippen molar-refractivity contribution in [3.8, 4) is 17.2 Å². The molecule has 0 aromatic heterocycles. The second-order valence-electron chi connectivity index (χ2n) is 5.33. The van der Waals surface area contributed by atoms with Crippen LogP contribution in [0.25, 0.3) is 0 Å². The summed E-state index contributed by atoms with van der Waals surface area (Å²) >= 11 is -1.40. The summed E-state index contributed by atoms with van der Waals surface area (Å²) in [5, 5.41) is 0. The van der Waals surface area contributed by atoms with Gasteiger partial charge in [-0.25, -0.2) is 0 Å². The molecule has 0 saturated heterocycles. The van der Waals surface area contributed by atoms with Gasteiger partial charge >= 0.3 is 153 Å². The zero-order valence-corrected chi connectivity index (χ0v) is 16.3. The topological polar surface area (TPSA) is 27.7 Å². The van der Waals surface area contributed by atoms with Gasteiger partial charge in [0.2, 0.25) is 0 Å². The maximum absolute atomic E-state index is 5.30. The average molecular weight is 400 g/mol. The van der Waals surface area contributed by atoms with Crippen molar-refractivity contribution in [3.05, 3.63) is 72.8 Å². The first-order valence-electron chi connectivity index (χ1n) is 7.91. The van der Waals surface area contributed by atoms with Crippen LogP contribution in [0, 0.1) is 0 Å². The first kappa shape index (κ1) is 17.4. The molecule has 0 atom stereocenters. The Bertz CT molecular complexity index is 683. The van der Waals surface area contributed by atoms with E-state index >= 15 is 0 Å². The van der Waals surface area contributed by atoms with Gasteiger partial charge in [-0.05, 0) is 0 Å². The van der Waals surface area contributed by atoms with Crippen molar-refractivity contribution in [2.45, 2.75) is 0 Å². The Balaban J connectivity index is 2.04. The van der Waals surface area contributed by atoms with Crippen molar-refractivity contribution in [3.63, 3.8) is 0 Å². The minimum atomic E-state index is -1.40. The Kier molecular flexibility index (Phi) is 5.64. The van der Waals surface area contributed by atoms with Crippen molar-refractivity contribution in [2.75, 3.05) is 21.3 Å². The van der Waals surface area contributed by atoms with E-state index in [0.717, 1.165) is 17.2 Å². The van der Waals surface area contributed by atoms with Crippen LogP contribution in [-0.4, -0.2) is 35.2 Å². The number of ether oxygens (including phenoxy) is 3. The van der Waals surface area contributed by atoms with Gasteiger partial charge in [-0.2, -0.15) is 0 Å². The van der Waals surface area contributed by atoms with E-state index in [2.05, 4.69) is 36.4 Å². The molecule has 0 heterocycles. The van der Waals surface area contributed by atoms with Crippen LogP contribution in [0.15, 0.2) is 72.8 Å². The third-order valence-electron chi connectivity index (χ3n) is 3.89. The van der Waals surface area contributed by atoms with Crippen LogP contribution in [0.1, 0.15) is 0 Å². The van der Waals surface area contributed by atoms with Crippen LogP contribution in [0.2, 0.25) is 0 Å². The summed E-state index contributed by atoms with van der Waals surface area (Å²) in [6, 6.07) is 25.1. The van der Waals surface area contributed by atoms with E-state index in [4.69, 9.17) is 14.2 Å². The SMILES string of the molecule is COc1ccc([Se+](c2ccc(OC)cc2)c2ccc(OC)cc2)cc1. The maximum atomic E-state index is 5.30. The third kappa shape index (κ3) is 3.98. The number of benzene rings is 3. The molecule has 0 fully saturated rings. The third-order valence-corrected chi connectivity index (χ3v) is 8.57. The van der Waals surface area contributed by atoms with Gasteiger partial charge in [0.1, 0.15) is 0 Å². The monoisotopic (exact) mass is 401 g/mol. The van der Waals surface area contributed by atoms with Crippen LogP contribution in [-0.2, 0) is 0 Å². The zero-order chi connectivity index (χ0) is 17.6. The minimum absolute atomic E-state index is 0.874. The molecule has 4 heteroatoms. The van der Waals surface area contributed by atoms with E-state index in [1.165, 1.54) is 13.4 Å². The fraction of sp³-hybridized carbons (Fsp3) is 0.143. The second kappa shape index (κ2) is 8.11. The fourth-order valence-corrected chi connectivity index (χ4v) is 6.83. The van der Waals surface area contributed by atoms with Crippen LogP contribution < -0.4 is 27.6 Å². The molecule has 128 valence electrons. The molecule has 0 unspecified atom stereocenters. The Morgan fingerprint density at radius 1 is 0.440 bits per heavy atom. The molecule has 0 radical (unpaired) electrons. The van der Waals surface area contributed by atoms with E-state index < -0.39 is 13.9 Å². The normalized spacial score (nSPS) is 10.6. The van der Waals surface area contributed by atoms with Crippen molar-refractivity contribution >= 4 is 27.3 Å². The van der Waals surface area contributed by atoms with Gasteiger partial charge in [0, 0.05) is 0 Å². The number of hydrogen-bond acceptors (Lipinski definition) is 3. The van der Waals surface area contributed by atoms with Gasteiger partial charge < -0.3 is 0 Å². The molecular formula is C21H21O3Se+. The standard InChI is InChI=1S/C21H21O3Se/c1-22-16-4-10-19(11-5-16)25(20-12-6-17(23-2)7-13-20)21-14-8-18(24-3)9-15-21/h4-15H,1-3H3/q+1. The molecule has 3 rings (SSSR count). The molecule has 3 nitrogen and oxygen atoms in total. The molecule has 0 aliphatic rings. The average Bonchev–Trinajstić information content (AvgIpc) is 2.70. The van der Waals surface area contributed by atoms with Gasteiger partial charge in [-0.15, -0.1) is 0 Å². The summed E-state index contributed by atoms with van der Waals surface area (Å²) in [4.78, 5) is 0. The van der Waals surface area contributed by atoms with Gasteiger partial charge in [0.05, 0.1) is 0 Å². The number of hydrogen-bond donors (Lipinski definition) is 0. The summed E-state index contributed by atoms with van der Waals surface area (Å²) in [5.74, 6) is 2.62. The summed E-state index contributed by atoms with van der Waals surface area (Å²) in [6.07, 6.45) is 0. The zero-order valence-electron chi connectivity index (χ0n) is 14.6. The predicted molar refractivity (Wildman–Crippen MR) is 104 cm³/mol. The van der Waals surface area contributed by atoms with E-state index in [1.807, 2.05) is 36.4 Å². The summed E-state index contributed by atoms with van der Waals surface area (Å²) in [5.41, 5.74) is 0. The molecule has 0 N–H and O–H groups in total. The van der Waals surface area contributed by atoms with Crippen LogP contribution in [0.5, 0.6) is 17.2 Å². The van der Waals surface area contributed by atoms with E-state index in [-0.39, 0.29) is 0 Å². The first-order valence-corrected chi connectivity index (χ1v) is 10.5. The summed E-state index contributed by atoms with van der Waals surface area (Å²) < 4.78 is 19.9. The summed E-state index contributed by atoms with van der Waals surface area (Å²) in [6.45, 7) is 0. The summed E-state index contributed by atoms with van der Waals surface area (Å²) in [7, 11) is 5.07. The Hall–Kier alpha value is -2.42. The molecule has 0 spiro atoms. The van der Waals surface area contributed by atoms with Crippen molar-refractivity contribution in [2.24, 2.45) is 0 Å². The number of rotatable bonds is 6. The number of methoxy groups -OCH3 is 3. The molecule has 0 bridgehead atoms. The van der Waals surface area contributed by atoms with Gasteiger partial charge in [0.25, 0.3) is 0 Å². The molecular weight excluding hydrogens is 379 g/mol. The first-order chi connectivity index (χ1) is 12.2. The van der Waals surface area contributed by atoms with Crippen LogP contribution in [0.4, 0.5) is 0 Å². The van der Waals surface area contributed by atoms with Gasteiger partial charge in [0.15, 0.2) is 0 Å². The van der Waals surface area contributed by atoms with Crippen LogP contribution >= 0.6 is 0 Å².